The summed E-state index contributed by atoms with van der Waals surface area (Å²) in [4.78, 5) is 0. The van der Waals surface area contributed by atoms with Gasteiger partial charge in [-0.1, -0.05) is 136 Å². The van der Waals surface area contributed by atoms with Crippen LogP contribution in [0, 0.1) is 5.92 Å². The number of benzene rings is 4. The molecule has 0 amide bonds. The zero-order valence-corrected chi connectivity index (χ0v) is 20.3. The number of rotatable bonds is 3. The molecule has 0 radical (unpaired) electrons. The van der Waals surface area contributed by atoms with Crippen LogP contribution < -0.4 is 0 Å². The van der Waals surface area contributed by atoms with E-state index in [9.17, 15) is 0 Å². The fraction of sp³-hybridized carbons (Fsp3) is 0.176. The largest absolute Gasteiger partial charge is 0.0811 e. The first kappa shape index (κ1) is 22.2. The fourth-order valence-corrected chi connectivity index (χ4v) is 5.57. The molecule has 0 saturated carbocycles. The lowest BCUT2D eigenvalue weighted by molar-refractivity contribution is 0.691. The van der Waals surface area contributed by atoms with Gasteiger partial charge in [-0.25, -0.2) is 0 Å². The molecule has 0 aromatic heterocycles. The lowest BCUT2D eigenvalue weighted by atomic mass is 9.65. The topological polar surface area (TPSA) is 0 Å². The van der Waals surface area contributed by atoms with E-state index in [-0.39, 0.29) is 5.41 Å². The van der Waals surface area contributed by atoms with Gasteiger partial charge in [0.05, 0.1) is 5.41 Å². The van der Waals surface area contributed by atoms with Gasteiger partial charge < -0.3 is 0 Å². The van der Waals surface area contributed by atoms with Gasteiger partial charge in [0, 0.05) is 0 Å². The Balaban J connectivity index is 0.00000117. The van der Waals surface area contributed by atoms with Gasteiger partial charge in [-0.2, -0.15) is 0 Å². The van der Waals surface area contributed by atoms with Crippen LogP contribution in [0.15, 0.2) is 127 Å². The molecule has 0 heterocycles. The molecule has 0 heteroatoms. The summed E-state index contributed by atoms with van der Waals surface area (Å²) in [5.74, 6) is 0.582. The molecule has 2 unspecified atom stereocenters. The van der Waals surface area contributed by atoms with E-state index < -0.39 is 0 Å². The van der Waals surface area contributed by atoms with Crippen molar-refractivity contribution in [1.82, 2.24) is 0 Å². The van der Waals surface area contributed by atoms with Crippen molar-refractivity contribution in [2.24, 2.45) is 5.92 Å². The molecule has 0 fully saturated rings. The summed E-state index contributed by atoms with van der Waals surface area (Å²) in [6.45, 7) is 6.29. The molecule has 2 aliphatic rings. The molecule has 2 aliphatic carbocycles. The third-order valence-electron chi connectivity index (χ3n) is 7.11. The Morgan fingerprint density at radius 3 is 2.00 bits per heavy atom. The Morgan fingerprint density at radius 2 is 1.29 bits per heavy atom. The van der Waals surface area contributed by atoms with Gasteiger partial charge in [0.25, 0.3) is 0 Å². The van der Waals surface area contributed by atoms with Crippen molar-refractivity contribution in [3.8, 4) is 22.3 Å². The van der Waals surface area contributed by atoms with E-state index in [1.807, 2.05) is 13.8 Å². The first-order valence-electron chi connectivity index (χ1n) is 12.5. The molecule has 34 heavy (non-hydrogen) atoms. The molecular weight excluding hydrogens is 408 g/mol. The van der Waals surface area contributed by atoms with Gasteiger partial charge in [0.2, 0.25) is 0 Å². The van der Waals surface area contributed by atoms with E-state index in [1.165, 1.54) is 44.5 Å². The van der Waals surface area contributed by atoms with E-state index in [0.29, 0.717) is 5.92 Å². The van der Waals surface area contributed by atoms with Crippen LogP contribution in [0.5, 0.6) is 0 Å². The maximum atomic E-state index is 2.47. The quantitative estimate of drug-likeness (QED) is 0.298. The van der Waals surface area contributed by atoms with E-state index in [1.54, 1.807) is 0 Å². The number of fused-ring (bicyclic) bond motifs is 3. The molecule has 4 aromatic carbocycles. The van der Waals surface area contributed by atoms with Gasteiger partial charge in [0.1, 0.15) is 0 Å². The van der Waals surface area contributed by atoms with Gasteiger partial charge >= 0.3 is 0 Å². The zero-order valence-electron chi connectivity index (χ0n) is 20.3. The molecule has 2 atom stereocenters. The molecular formula is C34H32. The highest BCUT2D eigenvalue weighted by Gasteiger charge is 2.46. The summed E-state index contributed by atoms with van der Waals surface area (Å²) < 4.78 is 0. The summed E-state index contributed by atoms with van der Waals surface area (Å²) in [5.41, 5.74) is 10.4. The van der Waals surface area contributed by atoms with Crippen molar-refractivity contribution in [1.29, 1.82) is 0 Å². The summed E-state index contributed by atoms with van der Waals surface area (Å²) in [5, 5.41) is 0. The summed E-state index contributed by atoms with van der Waals surface area (Å²) >= 11 is 0. The fourth-order valence-electron chi connectivity index (χ4n) is 5.57. The highest BCUT2D eigenvalue weighted by molar-refractivity contribution is 5.88. The summed E-state index contributed by atoms with van der Waals surface area (Å²) in [6, 6.07) is 37.8. The van der Waals surface area contributed by atoms with E-state index in [0.717, 1.165) is 6.42 Å². The average Bonchev–Trinajstić information content (AvgIpc) is 3.22. The van der Waals surface area contributed by atoms with Crippen LogP contribution in [0.3, 0.4) is 0 Å². The Bertz CT molecular complexity index is 1340. The van der Waals surface area contributed by atoms with Crippen LogP contribution in [0.1, 0.15) is 43.9 Å². The van der Waals surface area contributed by atoms with Crippen molar-refractivity contribution < 1.29 is 0 Å². The molecule has 0 N–H and O–H groups in total. The molecule has 4 aromatic rings. The predicted molar refractivity (Wildman–Crippen MR) is 146 cm³/mol. The number of hydrogen-bond donors (Lipinski definition) is 0. The normalized spacial score (nSPS) is 20.0. The second-order valence-corrected chi connectivity index (χ2v) is 9.02. The first-order chi connectivity index (χ1) is 16.8. The van der Waals surface area contributed by atoms with Crippen molar-refractivity contribution in [2.45, 2.75) is 32.6 Å². The first-order valence-corrected chi connectivity index (χ1v) is 12.5. The minimum absolute atomic E-state index is 0.297. The Hall–Kier alpha value is -3.64. The smallest absolute Gasteiger partial charge is 0.0710 e. The van der Waals surface area contributed by atoms with Crippen LogP contribution in [0.2, 0.25) is 0 Å². The van der Waals surface area contributed by atoms with Crippen molar-refractivity contribution in [3.63, 3.8) is 0 Å². The summed E-state index contributed by atoms with van der Waals surface area (Å²) in [6.07, 6.45) is 8.30. The molecule has 6 rings (SSSR count). The predicted octanol–water partition coefficient (Wildman–Crippen LogP) is 9.22. The van der Waals surface area contributed by atoms with Crippen molar-refractivity contribution in [2.75, 3.05) is 0 Å². The highest BCUT2D eigenvalue weighted by Crippen LogP contribution is 2.57. The lowest BCUT2D eigenvalue weighted by Gasteiger charge is -2.36. The summed E-state index contributed by atoms with van der Waals surface area (Å²) in [7, 11) is 0. The second kappa shape index (κ2) is 9.31. The number of hydrogen-bond acceptors (Lipinski definition) is 0. The Kier molecular flexibility index (Phi) is 6.07. The molecule has 0 spiro atoms. The lowest BCUT2D eigenvalue weighted by Crippen LogP contribution is -2.30. The van der Waals surface area contributed by atoms with E-state index in [2.05, 4.69) is 128 Å². The molecule has 168 valence electrons. The monoisotopic (exact) mass is 440 g/mol. The minimum atomic E-state index is -0.297. The van der Waals surface area contributed by atoms with Crippen molar-refractivity contribution >= 4 is 0 Å². The number of allylic oxidation sites excluding steroid dienone is 4. The molecule has 0 nitrogen and oxygen atoms in total. The maximum Gasteiger partial charge on any atom is 0.0710 e. The maximum absolute atomic E-state index is 2.47. The van der Waals surface area contributed by atoms with Gasteiger partial charge in [-0.05, 0) is 62.9 Å². The zero-order chi connectivity index (χ0) is 23.5. The molecule has 0 saturated heterocycles. The van der Waals surface area contributed by atoms with E-state index >= 15 is 0 Å². The van der Waals surface area contributed by atoms with E-state index in [4.69, 9.17) is 0 Å². The van der Waals surface area contributed by atoms with Crippen LogP contribution in [-0.4, -0.2) is 0 Å². The third-order valence-corrected chi connectivity index (χ3v) is 7.11. The SMILES string of the molecule is CC.CC1C=CC(C2(c3ccccc3)c3ccccc3-c3ccc(-c4ccccc4)cc32)=CC1. The van der Waals surface area contributed by atoms with Crippen LogP contribution >= 0.6 is 0 Å². The van der Waals surface area contributed by atoms with Crippen LogP contribution in [0.25, 0.3) is 22.3 Å². The minimum Gasteiger partial charge on any atom is -0.0811 e. The van der Waals surface area contributed by atoms with Crippen LogP contribution in [0.4, 0.5) is 0 Å². The average molecular weight is 441 g/mol. The van der Waals surface area contributed by atoms with Crippen molar-refractivity contribution in [3.05, 3.63) is 144 Å². The molecule has 0 aliphatic heterocycles. The van der Waals surface area contributed by atoms with Gasteiger partial charge in [0.15, 0.2) is 0 Å². The second-order valence-electron chi connectivity index (χ2n) is 9.02. The standard InChI is InChI=1S/C32H26.C2H6/c1-23-16-19-27(20-17-23)32(26-12-6-3-7-13-26)30-15-9-8-14-28(30)29-21-18-25(22-31(29)32)24-10-4-2-5-11-24;1-2/h2-16,18-23H,17H2,1H3;1-2H3. The van der Waals surface area contributed by atoms with Gasteiger partial charge in [-0.3, -0.25) is 0 Å². The van der Waals surface area contributed by atoms with Crippen LogP contribution in [-0.2, 0) is 5.41 Å². The molecule has 0 bridgehead atoms. The Labute approximate surface area is 204 Å². The Morgan fingerprint density at radius 1 is 0.647 bits per heavy atom. The van der Waals surface area contributed by atoms with Gasteiger partial charge in [-0.15, -0.1) is 0 Å². The third kappa shape index (κ3) is 3.46. The highest BCUT2D eigenvalue weighted by atomic mass is 14.5.